The van der Waals surface area contributed by atoms with Crippen molar-refractivity contribution in [2.75, 3.05) is 32.1 Å². The molecule has 0 saturated carbocycles. The van der Waals surface area contributed by atoms with Crippen LogP contribution in [0.1, 0.15) is 17.0 Å². The van der Waals surface area contributed by atoms with E-state index in [4.69, 9.17) is 9.72 Å². The Labute approximate surface area is 185 Å². The van der Waals surface area contributed by atoms with Crippen LogP contribution in [0.15, 0.2) is 72.8 Å². The zero-order chi connectivity index (χ0) is 21.4. The smallest absolute Gasteiger partial charge is 0.241 e. The van der Waals surface area contributed by atoms with Crippen molar-refractivity contribution in [2.24, 2.45) is 0 Å². The highest BCUT2D eigenvalue weighted by Gasteiger charge is 2.36. The SMILES string of the molecule is CN(C)CCN(C(=O)C1c2ccccc2Oc2ccccc21)c1nc2ccccc2s1. The number of nitrogens with zero attached hydrogens (tertiary/aromatic N) is 3. The largest absolute Gasteiger partial charge is 0.457 e. The molecule has 0 atom stereocenters. The van der Waals surface area contributed by atoms with E-state index in [-0.39, 0.29) is 5.91 Å². The molecule has 0 spiro atoms. The highest BCUT2D eigenvalue weighted by atomic mass is 32.1. The second-order valence-corrected chi connectivity index (χ2v) is 8.88. The Kier molecular flexibility index (Phi) is 5.18. The maximum atomic E-state index is 14.1. The summed E-state index contributed by atoms with van der Waals surface area (Å²) in [7, 11) is 4.03. The highest BCUT2D eigenvalue weighted by molar-refractivity contribution is 7.22. The Morgan fingerprint density at radius 2 is 1.52 bits per heavy atom. The second kappa shape index (κ2) is 8.13. The van der Waals surface area contributed by atoms with E-state index in [2.05, 4.69) is 4.90 Å². The number of carbonyl (C=O) groups excluding carboxylic acids is 1. The van der Waals surface area contributed by atoms with Gasteiger partial charge in [-0.1, -0.05) is 59.9 Å². The second-order valence-electron chi connectivity index (χ2n) is 7.87. The molecule has 31 heavy (non-hydrogen) atoms. The molecular weight excluding hydrogens is 406 g/mol. The molecule has 0 radical (unpaired) electrons. The van der Waals surface area contributed by atoms with Gasteiger partial charge in [0.15, 0.2) is 5.13 Å². The summed E-state index contributed by atoms with van der Waals surface area (Å²) in [5.41, 5.74) is 2.70. The Hall–Kier alpha value is -3.22. The summed E-state index contributed by atoms with van der Waals surface area (Å²) in [5.74, 6) is 1.05. The van der Waals surface area contributed by atoms with E-state index < -0.39 is 5.92 Å². The lowest BCUT2D eigenvalue weighted by Crippen LogP contribution is -2.40. The number of aromatic nitrogens is 1. The van der Waals surface area contributed by atoms with Gasteiger partial charge < -0.3 is 9.64 Å². The molecule has 1 aliphatic heterocycles. The van der Waals surface area contributed by atoms with Crippen molar-refractivity contribution < 1.29 is 9.53 Å². The summed E-state index contributed by atoms with van der Waals surface area (Å²) >= 11 is 1.56. The van der Waals surface area contributed by atoms with Crippen molar-refractivity contribution in [3.8, 4) is 11.5 Å². The molecule has 1 aromatic heterocycles. The first-order valence-electron chi connectivity index (χ1n) is 10.3. The van der Waals surface area contributed by atoms with Crippen LogP contribution >= 0.6 is 11.3 Å². The van der Waals surface area contributed by atoms with Crippen LogP contribution in [0.4, 0.5) is 5.13 Å². The lowest BCUT2D eigenvalue weighted by molar-refractivity contribution is -0.119. The third-order valence-corrected chi connectivity index (χ3v) is 6.54. The van der Waals surface area contributed by atoms with Gasteiger partial charge in [-0.05, 0) is 38.4 Å². The lowest BCUT2D eigenvalue weighted by atomic mass is 9.87. The molecule has 0 unspecified atom stereocenters. The molecule has 156 valence electrons. The molecule has 4 aromatic rings. The van der Waals surface area contributed by atoms with Gasteiger partial charge in [0.1, 0.15) is 11.5 Å². The maximum Gasteiger partial charge on any atom is 0.241 e. The van der Waals surface area contributed by atoms with Crippen LogP contribution in [0.3, 0.4) is 0 Å². The van der Waals surface area contributed by atoms with Crippen LogP contribution in [0.2, 0.25) is 0 Å². The van der Waals surface area contributed by atoms with E-state index in [0.29, 0.717) is 6.54 Å². The fourth-order valence-electron chi connectivity index (χ4n) is 3.91. The maximum absolute atomic E-state index is 14.1. The summed E-state index contributed by atoms with van der Waals surface area (Å²) < 4.78 is 7.17. The summed E-state index contributed by atoms with van der Waals surface area (Å²) in [4.78, 5) is 22.8. The van der Waals surface area contributed by atoms with Crippen molar-refractivity contribution in [3.05, 3.63) is 83.9 Å². The molecule has 0 N–H and O–H groups in total. The minimum absolute atomic E-state index is 0.0177. The molecule has 6 heteroatoms. The molecule has 1 aliphatic rings. The number of amides is 1. The molecule has 1 amide bonds. The van der Waals surface area contributed by atoms with E-state index in [1.807, 2.05) is 91.8 Å². The Balaban J connectivity index is 1.61. The zero-order valence-corrected chi connectivity index (χ0v) is 18.3. The summed E-state index contributed by atoms with van der Waals surface area (Å²) in [6, 6.07) is 23.6. The number of thiazole rings is 1. The van der Waals surface area contributed by atoms with E-state index in [1.54, 1.807) is 11.3 Å². The van der Waals surface area contributed by atoms with Gasteiger partial charge in [0.2, 0.25) is 5.91 Å². The predicted octanol–water partition coefficient (Wildman–Crippen LogP) is 5.13. The monoisotopic (exact) mass is 429 g/mol. The van der Waals surface area contributed by atoms with Crippen molar-refractivity contribution in [1.29, 1.82) is 0 Å². The molecule has 0 aliphatic carbocycles. The quantitative estimate of drug-likeness (QED) is 0.441. The van der Waals surface area contributed by atoms with E-state index >= 15 is 0 Å². The molecule has 0 bridgehead atoms. The molecule has 0 saturated heterocycles. The van der Waals surface area contributed by atoms with E-state index in [1.165, 1.54) is 0 Å². The first kappa shape index (κ1) is 19.7. The van der Waals surface area contributed by atoms with Gasteiger partial charge in [0.25, 0.3) is 0 Å². The van der Waals surface area contributed by atoms with E-state index in [0.717, 1.165) is 44.5 Å². The zero-order valence-electron chi connectivity index (χ0n) is 17.5. The van der Waals surface area contributed by atoms with Gasteiger partial charge in [-0.2, -0.15) is 0 Å². The lowest BCUT2D eigenvalue weighted by Gasteiger charge is -2.31. The Morgan fingerprint density at radius 3 is 2.16 bits per heavy atom. The van der Waals surface area contributed by atoms with Crippen LogP contribution in [-0.2, 0) is 4.79 Å². The molecule has 5 rings (SSSR count). The molecule has 3 aromatic carbocycles. The summed E-state index contributed by atoms with van der Waals surface area (Å²) in [6.07, 6.45) is 0. The highest BCUT2D eigenvalue weighted by Crippen LogP contribution is 2.45. The Bertz CT molecular complexity index is 1170. The van der Waals surface area contributed by atoms with Gasteiger partial charge in [-0.3, -0.25) is 9.69 Å². The van der Waals surface area contributed by atoms with Gasteiger partial charge in [0, 0.05) is 24.2 Å². The number of para-hydroxylation sites is 3. The number of ether oxygens (including phenoxy) is 1. The van der Waals surface area contributed by atoms with Crippen LogP contribution in [-0.4, -0.2) is 43.0 Å². The number of hydrogen-bond acceptors (Lipinski definition) is 5. The molecule has 5 nitrogen and oxygen atoms in total. The van der Waals surface area contributed by atoms with Gasteiger partial charge >= 0.3 is 0 Å². The summed E-state index contributed by atoms with van der Waals surface area (Å²) in [6.45, 7) is 1.31. The first-order chi connectivity index (χ1) is 15.1. The Morgan fingerprint density at radius 1 is 0.903 bits per heavy atom. The van der Waals surface area contributed by atoms with Gasteiger partial charge in [-0.15, -0.1) is 0 Å². The minimum Gasteiger partial charge on any atom is -0.457 e. The van der Waals surface area contributed by atoms with Crippen molar-refractivity contribution in [1.82, 2.24) is 9.88 Å². The van der Waals surface area contributed by atoms with Gasteiger partial charge in [-0.25, -0.2) is 4.98 Å². The van der Waals surface area contributed by atoms with Crippen LogP contribution in [0, 0.1) is 0 Å². The number of benzene rings is 3. The number of carbonyl (C=O) groups is 1. The topological polar surface area (TPSA) is 45.7 Å². The van der Waals surface area contributed by atoms with Crippen molar-refractivity contribution in [3.63, 3.8) is 0 Å². The fraction of sp³-hybridized carbons (Fsp3) is 0.200. The number of rotatable bonds is 5. The third kappa shape index (κ3) is 3.69. The third-order valence-electron chi connectivity index (χ3n) is 5.48. The number of fused-ring (bicyclic) bond motifs is 3. The van der Waals surface area contributed by atoms with Crippen LogP contribution in [0.25, 0.3) is 10.2 Å². The normalized spacial score (nSPS) is 13.0. The molecular formula is C25H23N3O2S. The van der Waals surface area contributed by atoms with Crippen LogP contribution < -0.4 is 9.64 Å². The summed E-state index contributed by atoms with van der Waals surface area (Å²) in [5, 5.41) is 0.731. The average Bonchev–Trinajstić information content (AvgIpc) is 3.21. The van der Waals surface area contributed by atoms with Crippen LogP contribution in [0.5, 0.6) is 11.5 Å². The number of anilines is 1. The number of likely N-dealkylation sites (N-methyl/N-ethyl adjacent to an activating group) is 1. The van der Waals surface area contributed by atoms with Gasteiger partial charge in [0.05, 0.1) is 16.1 Å². The van der Waals surface area contributed by atoms with E-state index in [9.17, 15) is 4.79 Å². The average molecular weight is 430 g/mol. The van der Waals surface area contributed by atoms with Crippen molar-refractivity contribution in [2.45, 2.75) is 5.92 Å². The first-order valence-corrected chi connectivity index (χ1v) is 11.1. The standard InChI is InChI=1S/C25H23N3O2S/c1-27(2)15-16-28(25-26-19-11-5-8-14-22(19)31-25)24(29)23-17-9-3-6-12-20(17)30-21-13-7-4-10-18(21)23/h3-14,23H,15-16H2,1-2H3. The predicted molar refractivity (Wildman–Crippen MR) is 125 cm³/mol. The minimum atomic E-state index is -0.435. The molecule has 0 fully saturated rings. The number of hydrogen-bond donors (Lipinski definition) is 0. The fourth-order valence-corrected chi connectivity index (χ4v) is 4.90. The molecule has 2 heterocycles. The van der Waals surface area contributed by atoms with Crippen molar-refractivity contribution >= 4 is 32.6 Å².